The van der Waals surface area contributed by atoms with Gasteiger partial charge in [0.25, 0.3) is 11.8 Å². The summed E-state index contributed by atoms with van der Waals surface area (Å²) in [6.45, 7) is 2.13. The first-order valence-corrected chi connectivity index (χ1v) is 10.2. The molecule has 2 heterocycles. The predicted octanol–water partition coefficient (Wildman–Crippen LogP) is 1.35. The molecular formula is C20H23N5O4S. The number of carbonyl (C=O) groups is 3. The third-order valence-electron chi connectivity index (χ3n) is 4.66. The Kier molecular flexibility index (Phi) is 6.80. The number of nitrogens with two attached hydrogens (primary N) is 1. The molecule has 9 nitrogen and oxygen atoms in total. The van der Waals surface area contributed by atoms with E-state index in [1.165, 1.54) is 7.11 Å². The number of nitrogens with zero attached hydrogens (tertiary/aromatic N) is 1. The van der Waals surface area contributed by atoms with Gasteiger partial charge in [0.15, 0.2) is 0 Å². The predicted molar refractivity (Wildman–Crippen MR) is 113 cm³/mol. The zero-order valence-corrected chi connectivity index (χ0v) is 17.5. The molecule has 3 aromatic rings. The fourth-order valence-corrected chi connectivity index (χ4v) is 4.09. The van der Waals surface area contributed by atoms with Crippen molar-refractivity contribution in [2.75, 3.05) is 13.7 Å². The van der Waals surface area contributed by atoms with Gasteiger partial charge >= 0.3 is 5.97 Å². The van der Waals surface area contributed by atoms with Gasteiger partial charge in [-0.25, -0.2) is 4.79 Å². The first kappa shape index (κ1) is 21.5. The summed E-state index contributed by atoms with van der Waals surface area (Å²) >= 11 is 1.08. The van der Waals surface area contributed by atoms with Crippen LogP contribution in [0.15, 0.2) is 30.5 Å². The number of amides is 2. The number of fused-ring (bicyclic) bond motifs is 1. The van der Waals surface area contributed by atoms with Gasteiger partial charge in [-0.05, 0) is 29.7 Å². The van der Waals surface area contributed by atoms with Gasteiger partial charge in [-0.3, -0.25) is 14.7 Å². The lowest BCUT2D eigenvalue weighted by Crippen LogP contribution is -2.46. The van der Waals surface area contributed by atoms with Crippen molar-refractivity contribution in [3.8, 4) is 0 Å². The Morgan fingerprint density at radius 1 is 1.27 bits per heavy atom. The highest BCUT2D eigenvalue weighted by atomic mass is 32.1. The first-order valence-electron chi connectivity index (χ1n) is 9.39. The number of H-pyrrole nitrogens is 1. The average molecular weight is 430 g/mol. The van der Waals surface area contributed by atoms with Crippen molar-refractivity contribution < 1.29 is 19.1 Å². The molecule has 0 aliphatic heterocycles. The Morgan fingerprint density at radius 2 is 2.07 bits per heavy atom. The summed E-state index contributed by atoms with van der Waals surface area (Å²) in [7, 11) is 1.23. The standard InChI is InChI=1S/C20H23N5O4S/c1-3-11-7-16(30-17(11)19(27)24-15(8-21)20(28)29-2)18(26)22-9-12-5-4-6-14-13(12)10-23-25-14/h4-7,10,15H,3,8-9,21H2,1-2H3,(H,22,26)(H,23,25)(H,24,27)/t15-/m0/s1. The molecule has 30 heavy (non-hydrogen) atoms. The molecule has 0 unspecified atom stereocenters. The highest BCUT2D eigenvalue weighted by Gasteiger charge is 2.24. The van der Waals surface area contributed by atoms with Crippen LogP contribution in [0.25, 0.3) is 10.9 Å². The van der Waals surface area contributed by atoms with Crippen molar-refractivity contribution >= 4 is 40.0 Å². The Hall–Kier alpha value is -3.24. The number of benzene rings is 1. The molecule has 10 heteroatoms. The molecule has 0 bridgehead atoms. The lowest BCUT2D eigenvalue weighted by Gasteiger charge is -2.14. The maximum Gasteiger partial charge on any atom is 0.329 e. The van der Waals surface area contributed by atoms with Crippen LogP contribution in [0.3, 0.4) is 0 Å². The van der Waals surface area contributed by atoms with Gasteiger partial charge in [0.05, 0.1) is 28.6 Å². The molecule has 0 saturated heterocycles. The summed E-state index contributed by atoms with van der Waals surface area (Å²) in [5, 5.41) is 13.3. The maximum absolute atomic E-state index is 12.7. The van der Waals surface area contributed by atoms with Crippen LogP contribution in [-0.2, 0) is 22.5 Å². The summed E-state index contributed by atoms with van der Waals surface area (Å²) in [6, 6.07) is 6.47. The zero-order chi connectivity index (χ0) is 21.7. The smallest absolute Gasteiger partial charge is 0.329 e. The van der Waals surface area contributed by atoms with Crippen LogP contribution in [0.2, 0.25) is 0 Å². The van der Waals surface area contributed by atoms with Crippen LogP contribution in [0.4, 0.5) is 0 Å². The molecule has 5 N–H and O–H groups in total. The van der Waals surface area contributed by atoms with Crippen molar-refractivity contribution in [2.45, 2.75) is 25.9 Å². The van der Waals surface area contributed by atoms with E-state index in [0.717, 1.165) is 33.4 Å². The number of hydrogen-bond donors (Lipinski definition) is 4. The molecule has 2 amide bonds. The van der Waals surface area contributed by atoms with Gasteiger partial charge in [-0.2, -0.15) is 5.10 Å². The Labute approximate surface area is 177 Å². The summed E-state index contributed by atoms with van der Waals surface area (Å²) in [5.41, 5.74) is 8.09. The average Bonchev–Trinajstić information content (AvgIpc) is 3.42. The molecule has 0 aliphatic carbocycles. The minimum Gasteiger partial charge on any atom is -0.467 e. The number of aromatic nitrogens is 2. The number of rotatable bonds is 8. The molecule has 158 valence electrons. The molecule has 1 aromatic carbocycles. The van der Waals surface area contributed by atoms with Crippen LogP contribution >= 0.6 is 11.3 Å². The van der Waals surface area contributed by atoms with Gasteiger partial charge < -0.3 is 21.1 Å². The van der Waals surface area contributed by atoms with Crippen LogP contribution in [-0.4, -0.2) is 47.7 Å². The minimum absolute atomic E-state index is 0.0852. The second-order valence-corrected chi connectivity index (χ2v) is 7.59. The number of aromatic amines is 1. The van der Waals surface area contributed by atoms with Crippen molar-refractivity contribution in [3.05, 3.63) is 51.3 Å². The number of nitrogens with one attached hydrogen (secondary N) is 3. The van der Waals surface area contributed by atoms with E-state index in [4.69, 9.17) is 5.73 Å². The zero-order valence-electron chi connectivity index (χ0n) is 16.7. The third kappa shape index (κ3) is 4.50. The van der Waals surface area contributed by atoms with Crippen LogP contribution in [0.5, 0.6) is 0 Å². The monoisotopic (exact) mass is 429 g/mol. The van der Waals surface area contributed by atoms with Crippen LogP contribution in [0.1, 0.15) is 37.4 Å². The minimum atomic E-state index is -0.943. The Balaban J connectivity index is 1.73. The number of thiophene rings is 1. The van der Waals surface area contributed by atoms with Gasteiger partial charge in [0.2, 0.25) is 0 Å². The van der Waals surface area contributed by atoms with Crippen molar-refractivity contribution in [1.82, 2.24) is 20.8 Å². The third-order valence-corrected chi connectivity index (χ3v) is 5.84. The fraction of sp³-hybridized carbons (Fsp3) is 0.300. The van der Waals surface area contributed by atoms with Crippen molar-refractivity contribution in [1.29, 1.82) is 0 Å². The summed E-state index contributed by atoms with van der Waals surface area (Å²) < 4.78 is 4.64. The molecular weight excluding hydrogens is 406 g/mol. The van der Waals surface area contributed by atoms with Gasteiger partial charge in [-0.1, -0.05) is 19.1 Å². The van der Waals surface area contributed by atoms with E-state index >= 15 is 0 Å². The second-order valence-electron chi connectivity index (χ2n) is 6.53. The normalized spacial score (nSPS) is 11.8. The Bertz CT molecular complexity index is 1070. The van der Waals surface area contributed by atoms with E-state index in [0.29, 0.717) is 22.7 Å². The molecule has 0 saturated carbocycles. The molecule has 2 aromatic heterocycles. The van der Waals surface area contributed by atoms with Gasteiger partial charge in [0, 0.05) is 18.5 Å². The van der Waals surface area contributed by atoms with Crippen molar-refractivity contribution in [3.63, 3.8) is 0 Å². The number of ether oxygens (including phenoxy) is 1. The molecule has 0 radical (unpaired) electrons. The van der Waals surface area contributed by atoms with E-state index in [9.17, 15) is 14.4 Å². The molecule has 1 atom stereocenters. The van der Waals surface area contributed by atoms with E-state index in [-0.39, 0.29) is 12.5 Å². The topological polar surface area (TPSA) is 139 Å². The molecule has 0 fully saturated rings. The molecule has 0 spiro atoms. The first-order chi connectivity index (χ1) is 14.5. The van der Waals surface area contributed by atoms with Gasteiger partial charge in [-0.15, -0.1) is 11.3 Å². The maximum atomic E-state index is 12.7. The fourth-order valence-electron chi connectivity index (χ4n) is 3.02. The van der Waals surface area contributed by atoms with Crippen LogP contribution < -0.4 is 16.4 Å². The number of methoxy groups -OCH3 is 1. The number of esters is 1. The summed E-state index contributed by atoms with van der Waals surface area (Å²) in [5.74, 6) is -1.36. The highest BCUT2D eigenvalue weighted by molar-refractivity contribution is 7.16. The van der Waals surface area contributed by atoms with Gasteiger partial charge in [0.1, 0.15) is 6.04 Å². The molecule has 3 rings (SSSR count). The van der Waals surface area contributed by atoms with E-state index < -0.39 is 17.9 Å². The quantitative estimate of drug-likeness (QED) is 0.399. The van der Waals surface area contributed by atoms with Crippen molar-refractivity contribution in [2.24, 2.45) is 5.73 Å². The lowest BCUT2D eigenvalue weighted by atomic mass is 10.1. The van der Waals surface area contributed by atoms with E-state index in [2.05, 4.69) is 25.6 Å². The van der Waals surface area contributed by atoms with Crippen LogP contribution in [0, 0.1) is 0 Å². The second kappa shape index (κ2) is 9.51. The molecule has 0 aliphatic rings. The highest BCUT2D eigenvalue weighted by Crippen LogP contribution is 2.24. The number of carbonyl (C=O) groups excluding carboxylic acids is 3. The number of hydrogen-bond acceptors (Lipinski definition) is 7. The SMILES string of the molecule is CCc1cc(C(=O)NCc2cccc3[nH]ncc23)sc1C(=O)N[C@@H](CN)C(=O)OC. The number of aryl methyl sites for hydroxylation is 1. The summed E-state index contributed by atoms with van der Waals surface area (Å²) in [4.78, 5) is 37.8. The summed E-state index contributed by atoms with van der Waals surface area (Å²) in [6.07, 6.45) is 2.28. The van der Waals surface area contributed by atoms with E-state index in [1.807, 2.05) is 25.1 Å². The lowest BCUT2D eigenvalue weighted by molar-refractivity contribution is -0.142. The Morgan fingerprint density at radius 3 is 2.77 bits per heavy atom. The largest absolute Gasteiger partial charge is 0.467 e. The van der Waals surface area contributed by atoms with E-state index in [1.54, 1.807) is 12.3 Å².